The molecule has 0 saturated carbocycles. The Morgan fingerprint density at radius 1 is 0.935 bits per heavy atom. The minimum atomic E-state index is -0.389. The lowest BCUT2D eigenvalue weighted by Crippen LogP contribution is -2.73. The molecule has 3 N–H and O–H groups in total. The molecule has 0 amide bonds. The van der Waals surface area contributed by atoms with Crippen LogP contribution in [0, 0.1) is 11.6 Å². The van der Waals surface area contributed by atoms with Crippen molar-refractivity contribution in [3.63, 3.8) is 0 Å². The zero-order valence-corrected chi connectivity index (χ0v) is 17.7. The predicted molar refractivity (Wildman–Crippen MR) is 115 cm³/mol. The maximum absolute atomic E-state index is 13.5. The van der Waals surface area contributed by atoms with Crippen molar-refractivity contribution in [1.29, 1.82) is 0 Å². The van der Waals surface area contributed by atoms with Gasteiger partial charge in [0, 0.05) is 35.0 Å². The molecule has 31 heavy (non-hydrogen) atoms. The van der Waals surface area contributed by atoms with E-state index in [1.165, 1.54) is 36.0 Å². The number of rotatable bonds is 7. The van der Waals surface area contributed by atoms with Crippen LogP contribution in [-0.2, 0) is 12.2 Å². The Morgan fingerprint density at radius 3 is 2.32 bits per heavy atom. The molecular weight excluding hydrogens is 442 g/mol. The van der Waals surface area contributed by atoms with E-state index in [-0.39, 0.29) is 11.6 Å². The molecule has 0 aliphatic carbocycles. The Kier molecular flexibility index (Phi) is 6.62. The van der Waals surface area contributed by atoms with Gasteiger partial charge in [0.05, 0.1) is 0 Å². The van der Waals surface area contributed by atoms with Gasteiger partial charge in [-0.25, -0.2) is 14.0 Å². The first-order chi connectivity index (χ1) is 15.0. The minimum Gasteiger partial charge on any atom is -0.274 e. The van der Waals surface area contributed by atoms with Gasteiger partial charge >= 0.3 is 0 Å². The molecule has 0 unspecified atom stereocenters. The van der Waals surface area contributed by atoms with Gasteiger partial charge in [-0.2, -0.15) is 5.48 Å². The average Bonchev–Trinajstić information content (AvgIpc) is 3.16. The molecule has 1 heterocycles. The fourth-order valence-electron chi connectivity index (χ4n) is 3.04. The number of thioether (sulfide) groups is 1. The molecular formula is C22H18ClF2N4OS+. The molecule has 3 aromatic carbocycles. The Morgan fingerprint density at radius 2 is 1.65 bits per heavy atom. The minimum absolute atomic E-state index is 0.332. The van der Waals surface area contributed by atoms with Gasteiger partial charge in [-0.1, -0.05) is 41.6 Å². The number of hydrogen-bond donors (Lipinski definition) is 2. The normalized spacial score (nSPS) is 11.1. The van der Waals surface area contributed by atoms with E-state index < -0.39 is 0 Å². The van der Waals surface area contributed by atoms with Crippen molar-refractivity contribution in [2.75, 3.05) is 0 Å². The summed E-state index contributed by atoms with van der Waals surface area (Å²) in [5, 5.41) is 18.7. The lowest BCUT2D eigenvalue weighted by atomic mass is 10.1. The summed E-state index contributed by atoms with van der Waals surface area (Å²) >= 11 is 7.56. The maximum atomic E-state index is 13.5. The summed E-state index contributed by atoms with van der Waals surface area (Å²) in [6.07, 6.45) is 0.494. The first-order valence-electron chi connectivity index (χ1n) is 9.37. The highest BCUT2D eigenvalue weighted by Crippen LogP contribution is 2.29. The van der Waals surface area contributed by atoms with Crippen LogP contribution >= 0.6 is 23.4 Å². The second-order valence-electron chi connectivity index (χ2n) is 6.78. The first kappa shape index (κ1) is 21.5. The SMILES string of the molecule is O[NH2+]c1ccc(Cc2nnc(SCc3ccc(F)cc3Cl)n2-c2ccc(F)cc2)cc1. The lowest BCUT2D eigenvalue weighted by molar-refractivity contribution is -0.825. The molecule has 0 spiro atoms. The van der Waals surface area contributed by atoms with Crippen LogP contribution < -0.4 is 5.48 Å². The second kappa shape index (κ2) is 9.57. The molecule has 0 saturated heterocycles. The second-order valence-corrected chi connectivity index (χ2v) is 8.13. The molecule has 9 heteroatoms. The number of nitrogens with two attached hydrogens (primary N) is 1. The fraction of sp³-hybridized carbons (Fsp3) is 0.0909. The van der Waals surface area contributed by atoms with Crippen LogP contribution in [0.1, 0.15) is 17.0 Å². The predicted octanol–water partition coefficient (Wildman–Crippen LogP) is 4.67. The van der Waals surface area contributed by atoms with E-state index >= 15 is 0 Å². The summed E-state index contributed by atoms with van der Waals surface area (Å²) in [5.41, 5.74) is 4.24. The number of nitrogens with zero attached hydrogens (tertiary/aromatic N) is 3. The van der Waals surface area contributed by atoms with Gasteiger partial charge < -0.3 is 0 Å². The van der Waals surface area contributed by atoms with E-state index in [4.69, 9.17) is 16.8 Å². The van der Waals surface area contributed by atoms with Crippen LogP contribution in [0.15, 0.2) is 71.9 Å². The van der Waals surface area contributed by atoms with Gasteiger partial charge in [-0.05, 0) is 47.5 Å². The van der Waals surface area contributed by atoms with Crippen molar-refractivity contribution < 1.29 is 19.5 Å². The Bertz CT molecular complexity index is 1180. The van der Waals surface area contributed by atoms with E-state index in [0.717, 1.165) is 22.3 Å². The van der Waals surface area contributed by atoms with Gasteiger partial charge in [0.2, 0.25) is 0 Å². The summed E-state index contributed by atoms with van der Waals surface area (Å²) in [6.45, 7) is 0. The third-order valence-electron chi connectivity index (χ3n) is 4.65. The first-order valence-corrected chi connectivity index (χ1v) is 10.7. The zero-order valence-electron chi connectivity index (χ0n) is 16.2. The highest BCUT2D eigenvalue weighted by Gasteiger charge is 2.16. The summed E-state index contributed by atoms with van der Waals surface area (Å²) in [5.74, 6) is 0.432. The molecule has 0 atom stereocenters. The van der Waals surface area contributed by atoms with Crippen molar-refractivity contribution in [2.45, 2.75) is 17.3 Å². The quantitative estimate of drug-likeness (QED) is 0.239. The van der Waals surface area contributed by atoms with Crippen LogP contribution in [0.2, 0.25) is 5.02 Å². The van der Waals surface area contributed by atoms with Crippen LogP contribution in [0.25, 0.3) is 5.69 Å². The summed E-state index contributed by atoms with van der Waals surface area (Å²) < 4.78 is 28.7. The number of benzene rings is 3. The Labute approximate surface area is 186 Å². The van der Waals surface area contributed by atoms with Crippen LogP contribution in [-0.4, -0.2) is 20.0 Å². The molecule has 0 bridgehead atoms. The van der Waals surface area contributed by atoms with Gasteiger partial charge in [-0.3, -0.25) is 4.57 Å². The van der Waals surface area contributed by atoms with Crippen molar-refractivity contribution in [2.24, 2.45) is 0 Å². The van der Waals surface area contributed by atoms with E-state index in [9.17, 15) is 8.78 Å². The number of quaternary nitrogens is 1. The van der Waals surface area contributed by atoms with Gasteiger partial charge in [0.1, 0.15) is 17.5 Å². The standard InChI is InChI=1S/C22H17ClF2N4OS/c23-20-12-17(25)4-3-15(20)13-31-22-27-26-21(11-14-1-7-18(28-30)8-2-14)29(22)19-9-5-16(24)6-10-19/h1-10,12,28,30H,11,13H2/p+1. The summed E-state index contributed by atoms with van der Waals surface area (Å²) in [6, 6.07) is 17.8. The van der Waals surface area contributed by atoms with Crippen LogP contribution in [0.5, 0.6) is 0 Å². The number of halogens is 3. The molecule has 0 aliphatic heterocycles. The van der Waals surface area contributed by atoms with E-state index in [2.05, 4.69) is 10.2 Å². The molecule has 1 aromatic heterocycles. The summed E-state index contributed by atoms with van der Waals surface area (Å²) in [7, 11) is 0. The Balaban J connectivity index is 1.65. The maximum Gasteiger partial charge on any atom is 0.196 e. The number of aromatic nitrogens is 3. The van der Waals surface area contributed by atoms with Crippen molar-refractivity contribution >= 4 is 29.1 Å². The van der Waals surface area contributed by atoms with Crippen molar-refractivity contribution in [3.8, 4) is 5.69 Å². The molecule has 158 valence electrons. The highest BCUT2D eigenvalue weighted by atomic mass is 35.5. The van der Waals surface area contributed by atoms with Gasteiger partial charge in [0.25, 0.3) is 0 Å². The number of hydrogen-bond acceptors (Lipinski definition) is 4. The Hall–Kier alpha value is -2.78. The highest BCUT2D eigenvalue weighted by molar-refractivity contribution is 7.98. The van der Waals surface area contributed by atoms with Crippen LogP contribution in [0.3, 0.4) is 0 Å². The van der Waals surface area contributed by atoms with Crippen molar-refractivity contribution in [1.82, 2.24) is 14.8 Å². The van der Waals surface area contributed by atoms with Crippen molar-refractivity contribution in [3.05, 3.63) is 100 Å². The average molecular weight is 460 g/mol. The molecule has 0 aliphatic rings. The monoisotopic (exact) mass is 459 g/mol. The molecule has 0 radical (unpaired) electrons. The van der Waals surface area contributed by atoms with E-state index in [1.54, 1.807) is 30.3 Å². The van der Waals surface area contributed by atoms with Gasteiger partial charge in [0.15, 0.2) is 10.8 Å². The van der Waals surface area contributed by atoms with E-state index in [1.807, 2.05) is 16.7 Å². The largest absolute Gasteiger partial charge is 0.274 e. The smallest absolute Gasteiger partial charge is 0.196 e. The molecule has 5 nitrogen and oxygen atoms in total. The topological polar surface area (TPSA) is 67.6 Å². The zero-order chi connectivity index (χ0) is 21.8. The third kappa shape index (κ3) is 5.11. The lowest BCUT2D eigenvalue weighted by Gasteiger charge is -2.11. The fourth-order valence-corrected chi connectivity index (χ4v) is 4.33. The molecule has 0 fully saturated rings. The molecule has 4 aromatic rings. The summed E-state index contributed by atoms with van der Waals surface area (Å²) in [4.78, 5) is 0. The van der Waals surface area contributed by atoms with Gasteiger partial charge in [-0.15, -0.1) is 10.2 Å². The third-order valence-corrected chi connectivity index (χ3v) is 5.98. The molecule has 4 rings (SSSR count). The van der Waals surface area contributed by atoms with Crippen LogP contribution in [0.4, 0.5) is 14.5 Å². The van der Waals surface area contributed by atoms with E-state index in [0.29, 0.717) is 33.9 Å².